The fourth-order valence-electron chi connectivity index (χ4n) is 1.13. The van der Waals surface area contributed by atoms with Crippen molar-refractivity contribution in [3.05, 3.63) is 23.9 Å². The number of hydrogen-bond donors (Lipinski definition) is 4. The zero-order valence-electron chi connectivity index (χ0n) is 9.76. The summed E-state index contributed by atoms with van der Waals surface area (Å²) in [6.07, 6.45) is 1.12. The van der Waals surface area contributed by atoms with Crippen molar-refractivity contribution in [3.63, 3.8) is 0 Å². The molecule has 0 radical (unpaired) electrons. The Hall–Kier alpha value is -1.87. The van der Waals surface area contributed by atoms with Gasteiger partial charge in [0, 0.05) is 20.0 Å². The molecule has 0 amide bonds. The zero-order valence-corrected chi connectivity index (χ0v) is 10.5. The van der Waals surface area contributed by atoms with Gasteiger partial charge in [0.2, 0.25) is 0 Å². The Labute approximate surface area is 106 Å². The predicted molar refractivity (Wildman–Crippen MR) is 68.7 cm³/mol. The summed E-state index contributed by atoms with van der Waals surface area (Å²) in [7, 11) is 1.76. The van der Waals surface area contributed by atoms with Gasteiger partial charge in [0.25, 0.3) is 0 Å². The largest absolute Gasteiger partial charge is 0.393 e. The fourth-order valence-corrected chi connectivity index (χ4v) is 1.22. The van der Waals surface area contributed by atoms with Gasteiger partial charge < -0.3 is 21.7 Å². The maximum Gasteiger partial charge on any atom is 0.147 e. The van der Waals surface area contributed by atoms with E-state index in [1.807, 2.05) is 6.07 Å². The molecule has 17 heavy (non-hydrogen) atoms. The molecule has 0 aromatic rings. The van der Waals surface area contributed by atoms with Gasteiger partial charge in [0.1, 0.15) is 16.7 Å². The molecule has 0 atom stereocenters. The number of halogens is 1. The molecule has 0 aliphatic heterocycles. The molecule has 0 aliphatic rings. The van der Waals surface area contributed by atoms with Crippen molar-refractivity contribution in [1.82, 2.24) is 10.2 Å². The van der Waals surface area contributed by atoms with E-state index in [1.54, 1.807) is 11.9 Å². The Kier molecular flexibility index (Phi) is 6.60. The SMILES string of the molecule is C=C(N)NC(=C(N)C(=N)Cl)N(C)CCCC#N. The summed E-state index contributed by atoms with van der Waals surface area (Å²) >= 11 is 5.52. The molecule has 0 fully saturated rings. The Morgan fingerprint density at radius 2 is 2.18 bits per heavy atom. The highest BCUT2D eigenvalue weighted by Gasteiger charge is 2.12. The van der Waals surface area contributed by atoms with Gasteiger partial charge in [0.05, 0.1) is 11.9 Å². The second kappa shape index (κ2) is 7.41. The molecule has 0 saturated heterocycles. The van der Waals surface area contributed by atoms with E-state index in [2.05, 4.69) is 11.9 Å². The quantitative estimate of drug-likeness (QED) is 0.393. The normalized spacial score (nSPS) is 11.1. The van der Waals surface area contributed by atoms with Gasteiger partial charge in [-0.3, -0.25) is 5.41 Å². The van der Waals surface area contributed by atoms with E-state index in [9.17, 15) is 0 Å². The monoisotopic (exact) mass is 256 g/mol. The van der Waals surface area contributed by atoms with E-state index in [0.717, 1.165) is 0 Å². The van der Waals surface area contributed by atoms with Gasteiger partial charge in [-0.05, 0) is 6.42 Å². The van der Waals surface area contributed by atoms with E-state index in [-0.39, 0.29) is 16.7 Å². The summed E-state index contributed by atoms with van der Waals surface area (Å²) in [5.41, 5.74) is 11.2. The standard InChI is InChI=1S/C10H17ClN6/c1-7(13)16-10(8(14)9(11)15)17(2)6-4-3-5-12/h15-16H,1,3-4,6,13-14H2,2H3. The molecule has 0 aromatic carbocycles. The van der Waals surface area contributed by atoms with Crippen molar-refractivity contribution in [1.29, 1.82) is 10.7 Å². The lowest BCUT2D eigenvalue weighted by molar-refractivity contribution is 0.384. The van der Waals surface area contributed by atoms with Crippen LogP contribution in [0.1, 0.15) is 12.8 Å². The van der Waals surface area contributed by atoms with Gasteiger partial charge in [-0.2, -0.15) is 5.26 Å². The van der Waals surface area contributed by atoms with Gasteiger partial charge in [-0.25, -0.2) is 0 Å². The van der Waals surface area contributed by atoms with Crippen molar-refractivity contribution in [2.24, 2.45) is 11.5 Å². The summed E-state index contributed by atoms with van der Waals surface area (Å²) in [5, 5.41) is 18.2. The van der Waals surface area contributed by atoms with Gasteiger partial charge in [0.15, 0.2) is 0 Å². The van der Waals surface area contributed by atoms with Gasteiger partial charge >= 0.3 is 0 Å². The average molecular weight is 257 g/mol. The molecular formula is C10H17ClN6. The molecule has 0 aliphatic carbocycles. The lowest BCUT2D eigenvalue weighted by Crippen LogP contribution is -2.35. The van der Waals surface area contributed by atoms with Crippen LogP contribution in [0, 0.1) is 16.7 Å². The summed E-state index contributed by atoms with van der Waals surface area (Å²) in [6.45, 7) is 4.09. The predicted octanol–water partition coefficient (Wildman–Crippen LogP) is 0.585. The molecule has 7 heteroatoms. The van der Waals surface area contributed by atoms with Crippen molar-refractivity contribution in [2.45, 2.75) is 12.8 Å². The summed E-state index contributed by atoms with van der Waals surface area (Å²) < 4.78 is 0. The van der Waals surface area contributed by atoms with E-state index in [0.29, 0.717) is 25.2 Å². The number of unbranched alkanes of at least 4 members (excludes halogenated alkanes) is 1. The minimum atomic E-state index is -0.277. The lowest BCUT2D eigenvalue weighted by Gasteiger charge is -2.24. The highest BCUT2D eigenvalue weighted by Crippen LogP contribution is 2.07. The molecule has 0 rings (SSSR count). The summed E-state index contributed by atoms with van der Waals surface area (Å²) in [6, 6.07) is 2.05. The van der Waals surface area contributed by atoms with Crippen LogP contribution in [0.4, 0.5) is 0 Å². The topological polar surface area (TPSA) is 115 Å². The van der Waals surface area contributed by atoms with Crippen LogP contribution in [-0.2, 0) is 0 Å². The van der Waals surface area contributed by atoms with Crippen molar-refractivity contribution < 1.29 is 0 Å². The first-order valence-electron chi connectivity index (χ1n) is 4.93. The Balaban J connectivity index is 4.81. The Morgan fingerprint density at radius 3 is 2.59 bits per heavy atom. The van der Waals surface area contributed by atoms with Crippen LogP contribution in [-0.4, -0.2) is 23.7 Å². The lowest BCUT2D eigenvalue weighted by atomic mass is 10.3. The maximum atomic E-state index is 8.45. The highest BCUT2D eigenvalue weighted by atomic mass is 35.5. The smallest absolute Gasteiger partial charge is 0.147 e. The number of rotatable bonds is 7. The first-order valence-corrected chi connectivity index (χ1v) is 5.31. The first kappa shape index (κ1) is 15.1. The molecule has 6 nitrogen and oxygen atoms in total. The number of nitrogens with zero attached hydrogens (tertiary/aromatic N) is 2. The molecule has 0 aromatic heterocycles. The molecule has 6 N–H and O–H groups in total. The highest BCUT2D eigenvalue weighted by molar-refractivity contribution is 6.68. The van der Waals surface area contributed by atoms with Crippen LogP contribution in [0.25, 0.3) is 0 Å². The second-order valence-electron chi connectivity index (χ2n) is 3.41. The van der Waals surface area contributed by atoms with E-state index in [1.165, 1.54) is 0 Å². The summed E-state index contributed by atoms with van der Waals surface area (Å²) in [5.74, 6) is 0.614. The Morgan fingerprint density at radius 1 is 1.59 bits per heavy atom. The van der Waals surface area contributed by atoms with Crippen LogP contribution >= 0.6 is 11.6 Å². The zero-order chi connectivity index (χ0) is 13.4. The fraction of sp³-hybridized carbons (Fsp3) is 0.400. The minimum absolute atomic E-state index is 0.0812. The molecule has 0 spiro atoms. The third-order valence-corrected chi connectivity index (χ3v) is 2.14. The van der Waals surface area contributed by atoms with Crippen LogP contribution in [0.5, 0.6) is 0 Å². The van der Waals surface area contributed by atoms with Gasteiger partial charge in [-0.1, -0.05) is 18.2 Å². The minimum Gasteiger partial charge on any atom is -0.393 e. The molecule has 0 heterocycles. The maximum absolute atomic E-state index is 8.45. The van der Waals surface area contributed by atoms with Crippen LogP contribution in [0.3, 0.4) is 0 Å². The van der Waals surface area contributed by atoms with Crippen molar-refractivity contribution in [3.8, 4) is 6.07 Å². The van der Waals surface area contributed by atoms with Gasteiger partial charge in [-0.15, -0.1) is 0 Å². The molecule has 0 bridgehead atoms. The first-order chi connectivity index (χ1) is 7.90. The number of nitrogens with two attached hydrogens (primary N) is 2. The van der Waals surface area contributed by atoms with Crippen molar-refractivity contribution in [2.75, 3.05) is 13.6 Å². The molecule has 0 unspecified atom stereocenters. The third kappa shape index (κ3) is 5.68. The molecule has 94 valence electrons. The van der Waals surface area contributed by atoms with E-state index in [4.69, 9.17) is 33.7 Å². The van der Waals surface area contributed by atoms with Crippen LogP contribution in [0.15, 0.2) is 23.9 Å². The number of nitriles is 1. The average Bonchev–Trinajstić information content (AvgIpc) is 2.24. The molecule has 0 saturated carbocycles. The van der Waals surface area contributed by atoms with Crippen molar-refractivity contribution >= 4 is 16.8 Å². The van der Waals surface area contributed by atoms with E-state index >= 15 is 0 Å². The van der Waals surface area contributed by atoms with Crippen LogP contribution in [0.2, 0.25) is 0 Å². The number of hydrogen-bond acceptors (Lipinski definition) is 6. The van der Waals surface area contributed by atoms with Crippen LogP contribution < -0.4 is 16.8 Å². The number of allylic oxidation sites excluding steroid dienone is 1. The number of nitrogens with one attached hydrogen (secondary N) is 2. The Bertz CT molecular complexity index is 367. The molecular weight excluding hydrogens is 240 g/mol. The second-order valence-corrected chi connectivity index (χ2v) is 3.79. The third-order valence-electron chi connectivity index (χ3n) is 1.93. The summed E-state index contributed by atoms with van der Waals surface area (Å²) in [4.78, 5) is 1.74. The van der Waals surface area contributed by atoms with E-state index < -0.39 is 0 Å².